The molecule has 20 heavy (non-hydrogen) atoms. The van der Waals surface area contributed by atoms with Crippen LogP contribution in [0.25, 0.3) is 0 Å². The van der Waals surface area contributed by atoms with E-state index in [1.54, 1.807) is 12.1 Å². The third-order valence-electron chi connectivity index (χ3n) is 5.06. The summed E-state index contributed by atoms with van der Waals surface area (Å²) in [7, 11) is 0. The Morgan fingerprint density at radius 2 is 2.00 bits per heavy atom. The minimum atomic E-state index is -0.146. The van der Waals surface area contributed by atoms with Crippen LogP contribution in [0.3, 0.4) is 0 Å². The smallest absolute Gasteiger partial charge is 0.146 e. The zero-order valence-corrected chi connectivity index (χ0v) is 12.9. The molecular formula is C17H27FN2. The van der Waals surface area contributed by atoms with E-state index in [0.717, 1.165) is 13.0 Å². The van der Waals surface area contributed by atoms with Crippen molar-refractivity contribution in [3.8, 4) is 0 Å². The quantitative estimate of drug-likeness (QED) is 0.907. The molecule has 1 aliphatic rings. The van der Waals surface area contributed by atoms with Crippen molar-refractivity contribution in [1.29, 1.82) is 0 Å². The van der Waals surface area contributed by atoms with Crippen molar-refractivity contribution in [3.63, 3.8) is 0 Å². The molecule has 3 atom stereocenters. The van der Waals surface area contributed by atoms with Gasteiger partial charge in [0.05, 0.1) is 11.2 Å². The molecule has 3 heteroatoms. The Hall–Kier alpha value is -1.09. The van der Waals surface area contributed by atoms with Gasteiger partial charge >= 0.3 is 0 Å². The maximum Gasteiger partial charge on any atom is 0.146 e. The fraction of sp³-hybridized carbons (Fsp3) is 0.647. The molecular weight excluding hydrogens is 251 g/mol. The number of para-hydroxylation sites is 1. The molecule has 2 nitrogen and oxygen atoms in total. The summed E-state index contributed by atoms with van der Waals surface area (Å²) in [4.78, 5) is 2.21. The summed E-state index contributed by atoms with van der Waals surface area (Å²) in [6.45, 7) is 8.01. The van der Waals surface area contributed by atoms with E-state index in [9.17, 15) is 4.39 Å². The van der Waals surface area contributed by atoms with Crippen LogP contribution >= 0.6 is 0 Å². The summed E-state index contributed by atoms with van der Waals surface area (Å²) in [6, 6.07) is 7.07. The zero-order chi connectivity index (χ0) is 14.8. The van der Waals surface area contributed by atoms with E-state index in [2.05, 4.69) is 25.7 Å². The highest BCUT2D eigenvalue weighted by atomic mass is 19.1. The number of likely N-dealkylation sites (N-methyl/N-ethyl adjacent to an activating group) is 1. The van der Waals surface area contributed by atoms with Crippen molar-refractivity contribution < 1.29 is 4.39 Å². The van der Waals surface area contributed by atoms with Gasteiger partial charge in [0.1, 0.15) is 5.82 Å². The molecule has 1 fully saturated rings. The van der Waals surface area contributed by atoms with Crippen molar-refractivity contribution in [2.75, 3.05) is 18.0 Å². The van der Waals surface area contributed by atoms with Crippen molar-refractivity contribution in [1.82, 2.24) is 0 Å². The Labute approximate surface area is 122 Å². The van der Waals surface area contributed by atoms with E-state index < -0.39 is 0 Å². The van der Waals surface area contributed by atoms with Gasteiger partial charge in [-0.1, -0.05) is 32.4 Å². The van der Waals surface area contributed by atoms with Gasteiger partial charge in [-0.3, -0.25) is 0 Å². The number of hydrogen-bond acceptors (Lipinski definition) is 2. The SMILES string of the molecule is CCN(c1ccccc1F)C1(CN)CC(C)CCC1C. The first-order valence-electron chi connectivity index (χ1n) is 7.77. The molecule has 0 aliphatic heterocycles. The van der Waals surface area contributed by atoms with Crippen molar-refractivity contribution in [3.05, 3.63) is 30.1 Å². The first kappa shape index (κ1) is 15.3. The Kier molecular flexibility index (Phi) is 4.69. The predicted octanol–water partition coefficient (Wildman–Crippen LogP) is 3.81. The van der Waals surface area contributed by atoms with Crippen LogP contribution in [0.15, 0.2) is 24.3 Å². The van der Waals surface area contributed by atoms with E-state index in [0.29, 0.717) is 24.1 Å². The lowest BCUT2D eigenvalue weighted by Gasteiger charge is -2.52. The predicted molar refractivity (Wildman–Crippen MR) is 83.4 cm³/mol. The van der Waals surface area contributed by atoms with Crippen LogP contribution in [0.5, 0.6) is 0 Å². The van der Waals surface area contributed by atoms with E-state index in [1.165, 1.54) is 12.8 Å². The summed E-state index contributed by atoms with van der Waals surface area (Å²) in [5.41, 5.74) is 6.77. The van der Waals surface area contributed by atoms with Gasteiger partial charge in [-0.05, 0) is 43.7 Å². The number of nitrogens with zero attached hydrogens (tertiary/aromatic N) is 1. The summed E-state index contributed by atoms with van der Waals surface area (Å²) in [5.74, 6) is 0.992. The normalized spacial score (nSPS) is 30.2. The molecule has 0 heterocycles. The van der Waals surface area contributed by atoms with Crippen LogP contribution in [0.4, 0.5) is 10.1 Å². The number of hydrogen-bond donors (Lipinski definition) is 1. The molecule has 0 saturated heterocycles. The number of anilines is 1. The molecule has 0 radical (unpaired) electrons. The minimum absolute atomic E-state index is 0.116. The highest BCUT2D eigenvalue weighted by Gasteiger charge is 2.44. The number of halogens is 1. The van der Waals surface area contributed by atoms with Gasteiger partial charge in [0.2, 0.25) is 0 Å². The molecule has 1 aliphatic carbocycles. The Morgan fingerprint density at radius 3 is 2.60 bits per heavy atom. The van der Waals surface area contributed by atoms with E-state index in [-0.39, 0.29) is 11.4 Å². The standard InChI is InChI=1S/C17H27FN2/c1-4-20(16-8-6-5-7-15(16)18)17(12-19)11-13(2)9-10-14(17)3/h5-8,13-14H,4,9-12,19H2,1-3H3. The number of nitrogens with two attached hydrogens (primary N) is 1. The summed E-state index contributed by atoms with van der Waals surface area (Å²) < 4.78 is 14.2. The minimum Gasteiger partial charge on any atom is -0.362 e. The first-order valence-corrected chi connectivity index (χ1v) is 7.77. The van der Waals surface area contributed by atoms with Crippen molar-refractivity contribution in [2.45, 2.75) is 45.6 Å². The van der Waals surface area contributed by atoms with Gasteiger partial charge in [-0.25, -0.2) is 4.39 Å². The van der Waals surface area contributed by atoms with Crippen LogP contribution in [0.2, 0.25) is 0 Å². The largest absolute Gasteiger partial charge is 0.362 e. The molecule has 1 aromatic carbocycles. The Balaban J connectivity index is 2.44. The number of rotatable bonds is 4. The highest BCUT2D eigenvalue weighted by molar-refractivity contribution is 5.51. The van der Waals surface area contributed by atoms with Gasteiger partial charge < -0.3 is 10.6 Å². The molecule has 1 aromatic rings. The van der Waals surface area contributed by atoms with Crippen LogP contribution in [-0.2, 0) is 0 Å². The van der Waals surface area contributed by atoms with Crippen LogP contribution < -0.4 is 10.6 Å². The topological polar surface area (TPSA) is 29.3 Å². The van der Waals surface area contributed by atoms with Crippen LogP contribution in [0.1, 0.15) is 40.0 Å². The summed E-state index contributed by atoms with van der Waals surface area (Å²) in [6.07, 6.45) is 3.47. The van der Waals surface area contributed by atoms with Gasteiger partial charge in [-0.15, -0.1) is 0 Å². The molecule has 0 bridgehead atoms. The maximum atomic E-state index is 14.2. The van der Waals surface area contributed by atoms with E-state index >= 15 is 0 Å². The monoisotopic (exact) mass is 278 g/mol. The Bertz CT molecular complexity index is 448. The summed E-state index contributed by atoms with van der Waals surface area (Å²) >= 11 is 0. The molecule has 0 amide bonds. The molecule has 3 unspecified atom stereocenters. The zero-order valence-electron chi connectivity index (χ0n) is 12.9. The average Bonchev–Trinajstić information content (AvgIpc) is 2.45. The highest BCUT2D eigenvalue weighted by Crippen LogP contribution is 2.42. The maximum absolute atomic E-state index is 14.2. The molecule has 2 N–H and O–H groups in total. The fourth-order valence-electron chi connectivity index (χ4n) is 3.88. The third kappa shape index (κ3) is 2.56. The number of benzene rings is 1. The summed E-state index contributed by atoms with van der Waals surface area (Å²) in [5, 5.41) is 0. The van der Waals surface area contributed by atoms with E-state index in [4.69, 9.17) is 5.73 Å². The second-order valence-electron chi connectivity index (χ2n) is 6.29. The third-order valence-corrected chi connectivity index (χ3v) is 5.06. The lowest BCUT2D eigenvalue weighted by Crippen LogP contribution is -2.61. The molecule has 0 spiro atoms. The molecule has 2 rings (SSSR count). The van der Waals surface area contributed by atoms with Gasteiger partial charge in [0.15, 0.2) is 0 Å². The van der Waals surface area contributed by atoms with Crippen molar-refractivity contribution in [2.24, 2.45) is 17.6 Å². The van der Waals surface area contributed by atoms with E-state index in [1.807, 2.05) is 12.1 Å². The molecule has 1 saturated carbocycles. The van der Waals surface area contributed by atoms with Crippen molar-refractivity contribution >= 4 is 5.69 Å². The fourth-order valence-corrected chi connectivity index (χ4v) is 3.88. The lowest BCUT2D eigenvalue weighted by atomic mass is 9.68. The average molecular weight is 278 g/mol. The van der Waals surface area contributed by atoms with Crippen LogP contribution in [0, 0.1) is 17.7 Å². The second-order valence-corrected chi connectivity index (χ2v) is 6.29. The van der Waals surface area contributed by atoms with Gasteiger partial charge in [0, 0.05) is 13.1 Å². The van der Waals surface area contributed by atoms with Gasteiger partial charge in [0.25, 0.3) is 0 Å². The lowest BCUT2D eigenvalue weighted by molar-refractivity contribution is 0.156. The van der Waals surface area contributed by atoms with Crippen LogP contribution in [-0.4, -0.2) is 18.6 Å². The second kappa shape index (κ2) is 6.13. The molecule has 0 aromatic heterocycles. The molecule has 112 valence electrons. The van der Waals surface area contributed by atoms with Gasteiger partial charge in [-0.2, -0.15) is 0 Å². The Morgan fingerprint density at radius 1 is 1.30 bits per heavy atom. The first-order chi connectivity index (χ1) is 9.55.